The lowest BCUT2D eigenvalue weighted by Crippen LogP contribution is -2.13. The fourth-order valence-electron chi connectivity index (χ4n) is 2.34. The minimum Gasteiger partial charge on any atom is -0.490 e. The molecule has 0 fully saturated rings. The van der Waals surface area contributed by atoms with Crippen LogP contribution in [0.25, 0.3) is 0 Å². The van der Waals surface area contributed by atoms with Crippen LogP contribution in [0.3, 0.4) is 0 Å². The smallest absolute Gasteiger partial charge is 0.255 e. The molecule has 144 valence electrons. The van der Waals surface area contributed by atoms with Crippen LogP contribution in [0.2, 0.25) is 0 Å². The average Bonchev–Trinajstić information content (AvgIpc) is 2.62. The molecule has 2 aromatic rings. The Morgan fingerprint density at radius 3 is 2.11 bits per heavy atom. The van der Waals surface area contributed by atoms with Crippen molar-refractivity contribution in [3.63, 3.8) is 0 Å². The fourth-order valence-corrected chi connectivity index (χ4v) is 2.34. The summed E-state index contributed by atoms with van der Waals surface area (Å²) in [5.74, 6) is 1.17. The van der Waals surface area contributed by atoms with Gasteiger partial charge in [0.25, 0.3) is 5.91 Å². The van der Waals surface area contributed by atoms with E-state index in [1.807, 2.05) is 6.92 Å². The summed E-state index contributed by atoms with van der Waals surface area (Å²) in [6.07, 6.45) is 0. The second kappa shape index (κ2) is 9.62. The molecule has 0 saturated carbocycles. The molecular weight excluding hydrogens is 344 g/mol. The largest absolute Gasteiger partial charge is 0.490 e. The first-order valence-electron chi connectivity index (χ1n) is 8.97. The van der Waals surface area contributed by atoms with Gasteiger partial charge in [0.05, 0.1) is 13.2 Å². The molecule has 0 atom stereocenters. The van der Waals surface area contributed by atoms with E-state index in [1.165, 1.54) is 6.92 Å². The van der Waals surface area contributed by atoms with Gasteiger partial charge in [0.2, 0.25) is 5.91 Å². The minimum absolute atomic E-state index is 0.144. The van der Waals surface area contributed by atoms with Crippen molar-refractivity contribution in [2.75, 3.05) is 23.8 Å². The SMILES string of the molecule is CCOc1cc(C(=O)Nc2ccc(NC(C)=O)cc2)ccc1OCC(C)C. The first kappa shape index (κ1) is 20.3. The van der Waals surface area contributed by atoms with Crippen LogP contribution in [-0.2, 0) is 4.79 Å². The maximum absolute atomic E-state index is 12.5. The Bertz CT molecular complexity index is 785. The molecule has 0 aliphatic rings. The summed E-state index contributed by atoms with van der Waals surface area (Å²) in [5, 5.41) is 5.51. The lowest BCUT2D eigenvalue weighted by atomic mass is 10.1. The van der Waals surface area contributed by atoms with Gasteiger partial charge in [0.15, 0.2) is 11.5 Å². The standard InChI is InChI=1S/C21H26N2O4/c1-5-26-20-12-16(6-11-19(20)27-13-14(2)3)21(25)23-18-9-7-17(8-10-18)22-15(4)24/h6-12,14H,5,13H2,1-4H3,(H,22,24)(H,23,25). The maximum Gasteiger partial charge on any atom is 0.255 e. The molecule has 0 saturated heterocycles. The average molecular weight is 370 g/mol. The monoisotopic (exact) mass is 370 g/mol. The van der Waals surface area contributed by atoms with Crippen LogP contribution in [0.4, 0.5) is 11.4 Å². The number of amides is 2. The Morgan fingerprint density at radius 1 is 0.926 bits per heavy atom. The van der Waals surface area contributed by atoms with Gasteiger partial charge in [-0.05, 0) is 55.3 Å². The van der Waals surface area contributed by atoms with Crippen LogP contribution in [0, 0.1) is 5.92 Å². The normalized spacial score (nSPS) is 10.4. The summed E-state index contributed by atoms with van der Waals surface area (Å²) < 4.78 is 11.4. The first-order valence-corrected chi connectivity index (χ1v) is 8.97. The van der Waals surface area contributed by atoms with E-state index in [4.69, 9.17) is 9.47 Å². The molecule has 2 N–H and O–H groups in total. The maximum atomic E-state index is 12.5. The Labute approximate surface area is 159 Å². The highest BCUT2D eigenvalue weighted by molar-refractivity contribution is 6.04. The number of hydrogen-bond acceptors (Lipinski definition) is 4. The third-order valence-electron chi connectivity index (χ3n) is 3.54. The van der Waals surface area contributed by atoms with Crippen molar-refractivity contribution in [3.05, 3.63) is 48.0 Å². The van der Waals surface area contributed by atoms with Crippen molar-refractivity contribution in [1.82, 2.24) is 0 Å². The van der Waals surface area contributed by atoms with Crippen molar-refractivity contribution in [2.45, 2.75) is 27.7 Å². The van der Waals surface area contributed by atoms with Gasteiger partial charge in [-0.15, -0.1) is 0 Å². The summed E-state index contributed by atoms with van der Waals surface area (Å²) in [7, 11) is 0. The van der Waals surface area contributed by atoms with Crippen LogP contribution in [0.5, 0.6) is 11.5 Å². The summed E-state index contributed by atoms with van der Waals surface area (Å²) in [6.45, 7) is 8.52. The second-order valence-electron chi connectivity index (χ2n) is 6.51. The quantitative estimate of drug-likeness (QED) is 0.725. The number of ether oxygens (including phenoxy) is 2. The number of nitrogens with one attached hydrogen (secondary N) is 2. The van der Waals surface area contributed by atoms with Crippen molar-refractivity contribution >= 4 is 23.2 Å². The number of anilines is 2. The lowest BCUT2D eigenvalue weighted by Gasteiger charge is -2.14. The van der Waals surface area contributed by atoms with Crippen LogP contribution in [0.1, 0.15) is 38.1 Å². The molecule has 2 rings (SSSR count). The van der Waals surface area contributed by atoms with E-state index in [9.17, 15) is 9.59 Å². The molecule has 0 aliphatic heterocycles. The number of rotatable bonds is 8. The zero-order valence-corrected chi connectivity index (χ0v) is 16.2. The lowest BCUT2D eigenvalue weighted by molar-refractivity contribution is -0.114. The van der Waals surface area contributed by atoms with E-state index in [0.717, 1.165) is 0 Å². The highest BCUT2D eigenvalue weighted by atomic mass is 16.5. The highest BCUT2D eigenvalue weighted by Crippen LogP contribution is 2.29. The van der Waals surface area contributed by atoms with Gasteiger partial charge in [-0.3, -0.25) is 9.59 Å². The van der Waals surface area contributed by atoms with Gasteiger partial charge in [-0.2, -0.15) is 0 Å². The number of benzene rings is 2. The van der Waals surface area contributed by atoms with E-state index in [-0.39, 0.29) is 11.8 Å². The van der Waals surface area contributed by atoms with Crippen LogP contribution >= 0.6 is 0 Å². The van der Waals surface area contributed by atoms with Crippen LogP contribution in [-0.4, -0.2) is 25.0 Å². The Hall–Kier alpha value is -3.02. The molecular formula is C21H26N2O4. The van der Waals surface area contributed by atoms with Crippen molar-refractivity contribution in [1.29, 1.82) is 0 Å². The van der Waals surface area contributed by atoms with Crippen molar-refractivity contribution in [3.8, 4) is 11.5 Å². The van der Waals surface area contributed by atoms with Gasteiger partial charge < -0.3 is 20.1 Å². The second-order valence-corrected chi connectivity index (χ2v) is 6.51. The van der Waals surface area contributed by atoms with E-state index < -0.39 is 0 Å². The zero-order chi connectivity index (χ0) is 19.8. The van der Waals surface area contributed by atoms with Gasteiger partial charge in [-0.1, -0.05) is 13.8 Å². The number of carbonyl (C=O) groups is 2. The summed E-state index contributed by atoms with van der Waals surface area (Å²) in [5.41, 5.74) is 1.78. The van der Waals surface area contributed by atoms with Gasteiger partial charge in [-0.25, -0.2) is 0 Å². The Balaban J connectivity index is 2.10. The molecule has 0 aliphatic carbocycles. The molecule has 0 aromatic heterocycles. The molecule has 0 unspecified atom stereocenters. The van der Waals surface area contributed by atoms with Gasteiger partial charge in [0.1, 0.15) is 0 Å². The molecule has 2 aromatic carbocycles. The summed E-state index contributed by atoms with van der Waals surface area (Å²) in [4.78, 5) is 23.6. The number of carbonyl (C=O) groups excluding carboxylic acids is 2. The third kappa shape index (κ3) is 6.33. The molecule has 6 heteroatoms. The van der Waals surface area contributed by atoms with E-state index in [1.54, 1.807) is 42.5 Å². The van der Waals surface area contributed by atoms with E-state index in [2.05, 4.69) is 24.5 Å². The Morgan fingerprint density at radius 2 is 1.56 bits per heavy atom. The molecule has 0 spiro atoms. The minimum atomic E-state index is -0.251. The zero-order valence-electron chi connectivity index (χ0n) is 16.2. The summed E-state index contributed by atoms with van der Waals surface area (Å²) in [6, 6.07) is 12.1. The van der Waals surface area contributed by atoms with Crippen molar-refractivity contribution < 1.29 is 19.1 Å². The highest BCUT2D eigenvalue weighted by Gasteiger charge is 2.12. The van der Waals surface area contributed by atoms with Crippen molar-refractivity contribution in [2.24, 2.45) is 5.92 Å². The molecule has 6 nitrogen and oxygen atoms in total. The van der Waals surface area contributed by atoms with Crippen LogP contribution < -0.4 is 20.1 Å². The number of hydrogen-bond donors (Lipinski definition) is 2. The molecule has 27 heavy (non-hydrogen) atoms. The predicted octanol–water partition coefficient (Wildman–Crippen LogP) is 4.33. The Kier molecular flexibility index (Phi) is 7.23. The third-order valence-corrected chi connectivity index (χ3v) is 3.54. The predicted molar refractivity (Wildman–Crippen MR) is 107 cm³/mol. The van der Waals surface area contributed by atoms with E-state index in [0.29, 0.717) is 47.6 Å². The van der Waals surface area contributed by atoms with Gasteiger partial charge in [0, 0.05) is 23.9 Å². The molecule has 0 radical (unpaired) electrons. The molecule has 2 amide bonds. The van der Waals surface area contributed by atoms with E-state index >= 15 is 0 Å². The first-order chi connectivity index (χ1) is 12.9. The van der Waals surface area contributed by atoms with Gasteiger partial charge >= 0.3 is 0 Å². The topological polar surface area (TPSA) is 76.7 Å². The molecule has 0 heterocycles. The van der Waals surface area contributed by atoms with Crippen LogP contribution in [0.15, 0.2) is 42.5 Å². The summed E-state index contributed by atoms with van der Waals surface area (Å²) >= 11 is 0. The fraction of sp³-hybridized carbons (Fsp3) is 0.333. The molecule has 0 bridgehead atoms.